The third kappa shape index (κ3) is 3.34. The van der Waals surface area contributed by atoms with Gasteiger partial charge < -0.3 is 10.5 Å². The van der Waals surface area contributed by atoms with E-state index in [4.69, 9.17) is 10.5 Å². The lowest BCUT2D eigenvalue weighted by Crippen LogP contribution is -2.33. The summed E-state index contributed by atoms with van der Waals surface area (Å²) >= 11 is 1.16. The van der Waals surface area contributed by atoms with Gasteiger partial charge in [0.1, 0.15) is 10.6 Å². The zero-order valence-corrected chi connectivity index (χ0v) is 13.0. The first-order chi connectivity index (χ1) is 9.81. The van der Waals surface area contributed by atoms with Gasteiger partial charge in [0.05, 0.1) is 5.00 Å². The largest absolute Gasteiger partial charge is 0.426 e. The Hall–Kier alpha value is -2.06. The van der Waals surface area contributed by atoms with Crippen LogP contribution in [0.5, 0.6) is 5.75 Å². The lowest BCUT2D eigenvalue weighted by atomic mass is 10.3. The van der Waals surface area contributed by atoms with Gasteiger partial charge in [0.2, 0.25) is 0 Å². The molecule has 0 aliphatic carbocycles. The Morgan fingerprint density at radius 1 is 1.24 bits per heavy atom. The molecule has 0 saturated heterocycles. The molecule has 0 unspecified atom stereocenters. The molecule has 2 aromatic rings. The number of nitrogen functional groups attached to an aromatic ring is 1. The van der Waals surface area contributed by atoms with Crippen molar-refractivity contribution in [2.24, 2.45) is 0 Å². The van der Waals surface area contributed by atoms with Crippen molar-refractivity contribution in [3.8, 4) is 5.75 Å². The second kappa shape index (κ2) is 5.74. The van der Waals surface area contributed by atoms with Crippen LogP contribution in [-0.4, -0.2) is 14.5 Å². The van der Waals surface area contributed by atoms with E-state index >= 15 is 0 Å². The molecule has 0 spiro atoms. The van der Waals surface area contributed by atoms with E-state index in [0.717, 1.165) is 11.3 Å². The summed E-state index contributed by atoms with van der Waals surface area (Å²) in [4.78, 5) is 12.2. The summed E-state index contributed by atoms with van der Waals surface area (Å²) in [6.07, 6.45) is -1.07. The summed E-state index contributed by atoms with van der Waals surface area (Å²) in [5.74, 6) is 0.253. The highest BCUT2D eigenvalue weighted by molar-refractivity contribution is 7.90. The highest BCUT2D eigenvalue weighted by Gasteiger charge is 2.26. The van der Waals surface area contributed by atoms with Crippen molar-refractivity contribution in [2.75, 3.05) is 5.73 Å². The van der Waals surface area contributed by atoms with Gasteiger partial charge in [-0.1, -0.05) is 18.2 Å². The van der Waals surface area contributed by atoms with E-state index in [0.29, 0.717) is 15.4 Å². The second-order valence-corrected chi connectivity index (χ2v) is 7.16. The molecule has 0 saturated carbocycles. The van der Waals surface area contributed by atoms with Crippen molar-refractivity contribution in [1.29, 1.82) is 0 Å². The van der Waals surface area contributed by atoms with E-state index in [-0.39, 0.29) is 10.6 Å². The first-order valence-electron chi connectivity index (χ1n) is 5.96. The molecule has 6 nitrogen and oxygen atoms in total. The Labute approximate surface area is 126 Å². The van der Waals surface area contributed by atoms with E-state index in [9.17, 15) is 13.2 Å². The molecule has 0 fully saturated rings. The van der Waals surface area contributed by atoms with Gasteiger partial charge in [-0.15, -0.1) is 11.3 Å². The SMILES string of the molecule is Cc1sc(N)c(C)c1S(=O)(=O)NC(=O)Oc1ccccc1. The fourth-order valence-electron chi connectivity index (χ4n) is 1.83. The minimum atomic E-state index is -4.01. The number of hydrogen-bond acceptors (Lipinski definition) is 6. The van der Waals surface area contributed by atoms with Gasteiger partial charge in [0, 0.05) is 10.4 Å². The van der Waals surface area contributed by atoms with Crippen LogP contribution in [0.2, 0.25) is 0 Å². The maximum Gasteiger partial charge on any atom is 0.426 e. The van der Waals surface area contributed by atoms with E-state index in [1.54, 1.807) is 44.2 Å². The molecule has 21 heavy (non-hydrogen) atoms. The quantitative estimate of drug-likeness (QED) is 0.902. The number of ether oxygens (including phenoxy) is 1. The normalized spacial score (nSPS) is 11.1. The van der Waals surface area contributed by atoms with Crippen LogP contribution in [0.15, 0.2) is 35.2 Å². The van der Waals surface area contributed by atoms with E-state index in [2.05, 4.69) is 0 Å². The van der Waals surface area contributed by atoms with Gasteiger partial charge >= 0.3 is 6.09 Å². The summed E-state index contributed by atoms with van der Waals surface area (Å²) in [6, 6.07) is 8.19. The van der Waals surface area contributed by atoms with Gasteiger partial charge in [-0.2, -0.15) is 0 Å². The average molecular weight is 326 g/mol. The third-order valence-electron chi connectivity index (χ3n) is 2.73. The Morgan fingerprint density at radius 2 is 1.86 bits per heavy atom. The van der Waals surface area contributed by atoms with Crippen molar-refractivity contribution in [1.82, 2.24) is 4.72 Å². The maximum absolute atomic E-state index is 12.2. The number of para-hydroxylation sites is 1. The summed E-state index contributed by atoms with van der Waals surface area (Å²) in [5, 5.41) is 0.407. The van der Waals surface area contributed by atoms with Crippen LogP contribution >= 0.6 is 11.3 Å². The summed E-state index contributed by atoms with van der Waals surface area (Å²) < 4.78 is 31.2. The number of rotatable bonds is 3. The van der Waals surface area contributed by atoms with Crippen LogP contribution in [0, 0.1) is 13.8 Å². The molecule has 0 aliphatic rings. The van der Waals surface area contributed by atoms with Gasteiger partial charge in [-0.05, 0) is 26.0 Å². The number of sulfonamides is 1. The number of aryl methyl sites for hydroxylation is 1. The molecule has 1 aromatic heterocycles. The van der Waals surface area contributed by atoms with Gasteiger partial charge in [0.15, 0.2) is 0 Å². The third-order valence-corrected chi connectivity index (χ3v) is 5.48. The van der Waals surface area contributed by atoms with Gasteiger partial charge in [-0.3, -0.25) is 0 Å². The molecular weight excluding hydrogens is 312 g/mol. The van der Waals surface area contributed by atoms with E-state index in [1.165, 1.54) is 0 Å². The van der Waals surface area contributed by atoms with Crippen molar-refractivity contribution in [3.05, 3.63) is 40.8 Å². The Morgan fingerprint density at radius 3 is 2.38 bits per heavy atom. The van der Waals surface area contributed by atoms with Crippen LogP contribution in [0.1, 0.15) is 10.4 Å². The standard InChI is InChI=1S/C13H14N2O4S2/c1-8-11(9(2)20-12(8)14)21(17,18)15-13(16)19-10-6-4-3-5-7-10/h3-7H,14H2,1-2H3,(H,15,16). The molecule has 1 amide bonds. The monoisotopic (exact) mass is 326 g/mol. The second-order valence-electron chi connectivity index (χ2n) is 4.28. The zero-order valence-electron chi connectivity index (χ0n) is 11.4. The number of hydrogen-bond donors (Lipinski definition) is 2. The van der Waals surface area contributed by atoms with Crippen LogP contribution < -0.4 is 15.2 Å². The summed E-state index contributed by atoms with van der Waals surface area (Å²) in [5.41, 5.74) is 6.13. The lowest BCUT2D eigenvalue weighted by Gasteiger charge is -2.08. The summed E-state index contributed by atoms with van der Waals surface area (Å²) in [6.45, 7) is 3.22. The molecule has 1 aromatic carbocycles. The molecule has 0 bridgehead atoms. The fourth-order valence-corrected chi connectivity index (χ4v) is 4.44. The number of thiophene rings is 1. The maximum atomic E-state index is 12.2. The van der Waals surface area contributed by atoms with Gasteiger partial charge in [0.25, 0.3) is 10.0 Å². The molecule has 112 valence electrons. The number of benzene rings is 1. The molecule has 0 atom stereocenters. The highest BCUT2D eigenvalue weighted by Crippen LogP contribution is 2.32. The predicted octanol–water partition coefficient (Wildman–Crippen LogP) is 2.42. The molecule has 3 N–H and O–H groups in total. The fraction of sp³-hybridized carbons (Fsp3) is 0.154. The van der Waals surface area contributed by atoms with E-state index < -0.39 is 16.1 Å². The Bertz CT molecular complexity index is 767. The molecule has 2 rings (SSSR count). The first kappa shape index (κ1) is 15.3. The van der Waals surface area contributed by atoms with Crippen molar-refractivity contribution in [3.63, 3.8) is 0 Å². The van der Waals surface area contributed by atoms with Gasteiger partial charge in [-0.25, -0.2) is 17.9 Å². The number of nitrogens with two attached hydrogens (primary N) is 1. The lowest BCUT2D eigenvalue weighted by molar-refractivity contribution is 0.207. The van der Waals surface area contributed by atoms with Crippen LogP contribution in [0.3, 0.4) is 0 Å². The number of anilines is 1. The number of carbonyl (C=O) groups excluding carboxylic acids is 1. The molecule has 0 radical (unpaired) electrons. The minimum absolute atomic E-state index is 0.0232. The predicted molar refractivity (Wildman–Crippen MR) is 81.0 cm³/mol. The van der Waals surface area contributed by atoms with Crippen molar-refractivity contribution in [2.45, 2.75) is 18.7 Å². The average Bonchev–Trinajstić information content (AvgIpc) is 2.63. The van der Waals surface area contributed by atoms with Crippen molar-refractivity contribution >= 4 is 32.5 Å². The Balaban J connectivity index is 2.20. The van der Waals surface area contributed by atoms with Crippen LogP contribution in [-0.2, 0) is 10.0 Å². The number of nitrogens with one attached hydrogen (secondary N) is 1. The molecule has 0 aliphatic heterocycles. The highest BCUT2D eigenvalue weighted by atomic mass is 32.2. The van der Waals surface area contributed by atoms with Crippen LogP contribution in [0.25, 0.3) is 0 Å². The number of carbonyl (C=O) groups is 1. The smallest absolute Gasteiger partial charge is 0.410 e. The van der Waals surface area contributed by atoms with Crippen molar-refractivity contribution < 1.29 is 17.9 Å². The zero-order chi connectivity index (χ0) is 15.6. The molecule has 8 heteroatoms. The van der Waals surface area contributed by atoms with E-state index in [1.807, 2.05) is 4.72 Å². The van der Waals surface area contributed by atoms with Crippen LogP contribution in [0.4, 0.5) is 9.80 Å². The Kier molecular flexibility index (Phi) is 4.19. The number of amides is 1. The molecular formula is C13H14N2O4S2. The first-order valence-corrected chi connectivity index (χ1v) is 8.26. The minimum Gasteiger partial charge on any atom is -0.410 e. The molecule has 1 heterocycles. The topological polar surface area (TPSA) is 98.5 Å². The summed E-state index contributed by atoms with van der Waals surface area (Å²) in [7, 11) is -4.01.